The first-order chi connectivity index (χ1) is 9.29. The highest BCUT2D eigenvalue weighted by Crippen LogP contribution is 2.14. The zero-order chi connectivity index (χ0) is 13.5. The Kier molecular flexibility index (Phi) is 7.59. The summed E-state index contributed by atoms with van der Waals surface area (Å²) >= 11 is 0. The van der Waals surface area contributed by atoms with E-state index in [-0.39, 0.29) is 18.3 Å². The van der Waals surface area contributed by atoms with Crippen LogP contribution >= 0.6 is 12.4 Å². The molecule has 1 atom stereocenters. The summed E-state index contributed by atoms with van der Waals surface area (Å²) in [6.07, 6.45) is 4.72. The normalized spacial score (nSPS) is 18.1. The van der Waals surface area contributed by atoms with Gasteiger partial charge in [-0.25, -0.2) is 0 Å². The van der Waals surface area contributed by atoms with Crippen molar-refractivity contribution in [1.82, 2.24) is 5.32 Å². The van der Waals surface area contributed by atoms with Crippen LogP contribution in [0.2, 0.25) is 0 Å². The van der Waals surface area contributed by atoms with Gasteiger partial charge in [0.2, 0.25) is 0 Å². The molecule has 0 aromatic heterocycles. The largest absolute Gasteiger partial charge is 0.378 e. The van der Waals surface area contributed by atoms with Gasteiger partial charge in [-0.1, -0.05) is 12.1 Å². The Morgan fingerprint density at radius 1 is 1.30 bits per heavy atom. The minimum absolute atomic E-state index is 0. The standard InChI is InChI=1S/C15H22N2O2.ClH/c16-11-12-4-6-13(7-5-12)15(18)17-9-8-14-3-1-2-10-19-14;/h4-7,14H,1-3,8-11,16H2,(H,17,18);1H. The number of amides is 1. The van der Waals surface area contributed by atoms with Crippen LogP contribution in [-0.2, 0) is 11.3 Å². The smallest absolute Gasteiger partial charge is 0.251 e. The fourth-order valence-electron chi connectivity index (χ4n) is 2.28. The Hall–Kier alpha value is -1.10. The molecule has 1 aliphatic heterocycles. The molecule has 4 nitrogen and oxygen atoms in total. The summed E-state index contributed by atoms with van der Waals surface area (Å²) in [6.45, 7) is 2.03. The summed E-state index contributed by atoms with van der Waals surface area (Å²) in [5.41, 5.74) is 7.24. The summed E-state index contributed by atoms with van der Waals surface area (Å²) in [6, 6.07) is 7.40. The van der Waals surface area contributed by atoms with Crippen LogP contribution in [0.4, 0.5) is 0 Å². The van der Waals surface area contributed by atoms with Crippen molar-refractivity contribution in [1.29, 1.82) is 0 Å². The van der Waals surface area contributed by atoms with Crippen LogP contribution in [0.1, 0.15) is 41.6 Å². The predicted octanol–water partition coefficient (Wildman–Crippen LogP) is 2.26. The molecule has 0 spiro atoms. The predicted molar refractivity (Wildman–Crippen MR) is 82.1 cm³/mol. The highest BCUT2D eigenvalue weighted by molar-refractivity contribution is 5.94. The van der Waals surface area contributed by atoms with E-state index in [1.807, 2.05) is 24.3 Å². The van der Waals surface area contributed by atoms with E-state index in [4.69, 9.17) is 10.5 Å². The van der Waals surface area contributed by atoms with E-state index in [1.165, 1.54) is 6.42 Å². The van der Waals surface area contributed by atoms with Crippen LogP contribution in [0.5, 0.6) is 0 Å². The first kappa shape index (κ1) is 17.0. The number of benzene rings is 1. The molecule has 1 heterocycles. The topological polar surface area (TPSA) is 64.4 Å². The first-order valence-corrected chi connectivity index (χ1v) is 6.98. The maximum absolute atomic E-state index is 11.9. The number of rotatable bonds is 5. The number of nitrogens with two attached hydrogens (primary N) is 1. The number of ether oxygens (including phenoxy) is 1. The van der Waals surface area contributed by atoms with E-state index in [9.17, 15) is 4.79 Å². The summed E-state index contributed by atoms with van der Waals surface area (Å²) in [5, 5.41) is 2.93. The van der Waals surface area contributed by atoms with Crippen molar-refractivity contribution < 1.29 is 9.53 Å². The molecular weight excluding hydrogens is 276 g/mol. The lowest BCUT2D eigenvalue weighted by atomic mass is 10.1. The van der Waals surface area contributed by atoms with Gasteiger partial charge in [0, 0.05) is 25.3 Å². The third-order valence-corrected chi connectivity index (χ3v) is 3.48. The van der Waals surface area contributed by atoms with Gasteiger partial charge in [0.25, 0.3) is 5.91 Å². The number of carbonyl (C=O) groups is 1. The highest BCUT2D eigenvalue weighted by atomic mass is 35.5. The number of hydrogen-bond acceptors (Lipinski definition) is 3. The van der Waals surface area contributed by atoms with Gasteiger partial charge >= 0.3 is 0 Å². The molecule has 0 radical (unpaired) electrons. The summed E-state index contributed by atoms with van der Waals surface area (Å²) < 4.78 is 5.63. The molecule has 112 valence electrons. The molecule has 5 heteroatoms. The fraction of sp³-hybridized carbons (Fsp3) is 0.533. The molecular formula is C15H23ClN2O2. The van der Waals surface area contributed by atoms with Crippen LogP contribution in [0.25, 0.3) is 0 Å². The maximum Gasteiger partial charge on any atom is 0.251 e. The van der Waals surface area contributed by atoms with Gasteiger partial charge in [0.15, 0.2) is 0 Å². The Bertz CT molecular complexity index is 403. The minimum Gasteiger partial charge on any atom is -0.378 e. The molecule has 3 N–H and O–H groups in total. The summed E-state index contributed by atoms with van der Waals surface area (Å²) in [4.78, 5) is 11.9. The molecule has 1 fully saturated rings. The van der Waals surface area contributed by atoms with Crippen molar-refractivity contribution in [3.63, 3.8) is 0 Å². The second kappa shape index (κ2) is 8.95. The van der Waals surface area contributed by atoms with Crippen molar-refractivity contribution in [3.8, 4) is 0 Å². The Labute approximate surface area is 126 Å². The third kappa shape index (κ3) is 5.12. The Morgan fingerprint density at radius 3 is 2.65 bits per heavy atom. The zero-order valence-corrected chi connectivity index (χ0v) is 12.5. The average molecular weight is 299 g/mol. The molecule has 0 aliphatic carbocycles. The average Bonchev–Trinajstić information content (AvgIpc) is 2.48. The third-order valence-electron chi connectivity index (χ3n) is 3.48. The van der Waals surface area contributed by atoms with E-state index in [1.54, 1.807) is 0 Å². The van der Waals surface area contributed by atoms with E-state index in [0.29, 0.717) is 24.8 Å². The lowest BCUT2D eigenvalue weighted by molar-refractivity contribution is 0.0117. The minimum atomic E-state index is -0.0284. The molecule has 1 saturated heterocycles. The van der Waals surface area contributed by atoms with E-state index < -0.39 is 0 Å². The molecule has 1 aliphatic rings. The van der Waals surface area contributed by atoms with Crippen molar-refractivity contribution in [2.75, 3.05) is 13.2 Å². The lowest BCUT2D eigenvalue weighted by Crippen LogP contribution is -2.29. The van der Waals surface area contributed by atoms with Crippen molar-refractivity contribution in [3.05, 3.63) is 35.4 Å². The van der Waals surface area contributed by atoms with Crippen molar-refractivity contribution >= 4 is 18.3 Å². The molecule has 0 saturated carbocycles. The van der Waals surface area contributed by atoms with E-state index >= 15 is 0 Å². The second-order valence-corrected chi connectivity index (χ2v) is 4.93. The monoisotopic (exact) mass is 298 g/mol. The number of carbonyl (C=O) groups excluding carboxylic acids is 1. The molecule has 2 rings (SSSR count). The molecule has 0 bridgehead atoms. The number of nitrogens with one attached hydrogen (secondary N) is 1. The van der Waals surface area contributed by atoms with Crippen molar-refractivity contribution in [2.24, 2.45) is 5.73 Å². The lowest BCUT2D eigenvalue weighted by Gasteiger charge is -2.22. The van der Waals surface area contributed by atoms with Gasteiger partial charge in [-0.2, -0.15) is 0 Å². The quantitative estimate of drug-likeness (QED) is 0.876. The molecule has 1 aromatic rings. The fourth-order valence-corrected chi connectivity index (χ4v) is 2.28. The van der Waals surface area contributed by atoms with Crippen LogP contribution in [0.3, 0.4) is 0 Å². The van der Waals surface area contributed by atoms with Crippen LogP contribution in [-0.4, -0.2) is 25.2 Å². The van der Waals surface area contributed by atoms with Gasteiger partial charge < -0.3 is 15.8 Å². The Balaban J connectivity index is 0.00000200. The summed E-state index contributed by atoms with van der Waals surface area (Å²) in [7, 11) is 0. The highest BCUT2D eigenvalue weighted by Gasteiger charge is 2.13. The zero-order valence-electron chi connectivity index (χ0n) is 11.6. The molecule has 1 aromatic carbocycles. The number of halogens is 1. The molecule has 20 heavy (non-hydrogen) atoms. The molecule has 1 amide bonds. The van der Waals surface area contributed by atoms with Gasteiger partial charge in [-0.3, -0.25) is 4.79 Å². The second-order valence-electron chi connectivity index (χ2n) is 4.93. The van der Waals surface area contributed by atoms with E-state index in [2.05, 4.69) is 5.32 Å². The maximum atomic E-state index is 11.9. The van der Waals surface area contributed by atoms with Crippen molar-refractivity contribution in [2.45, 2.75) is 38.3 Å². The van der Waals surface area contributed by atoms with Crippen LogP contribution in [0.15, 0.2) is 24.3 Å². The molecule has 1 unspecified atom stereocenters. The van der Waals surface area contributed by atoms with Gasteiger partial charge in [-0.15, -0.1) is 12.4 Å². The van der Waals surface area contributed by atoms with Gasteiger partial charge in [0.05, 0.1) is 6.10 Å². The summed E-state index contributed by atoms with van der Waals surface area (Å²) in [5.74, 6) is -0.0284. The SMILES string of the molecule is Cl.NCc1ccc(C(=O)NCCC2CCCCO2)cc1. The van der Waals surface area contributed by atoms with Crippen LogP contribution < -0.4 is 11.1 Å². The van der Waals surface area contributed by atoms with Gasteiger partial charge in [0.1, 0.15) is 0 Å². The first-order valence-electron chi connectivity index (χ1n) is 6.98. The van der Waals surface area contributed by atoms with Crippen LogP contribution in [0, 0.1) is 0 Å². The van der Waals surface area contributed by atoms with Gasteiger partial charge in [-0.05, 0) is 43.4 Å². The van der Waals surface area contributed by atoms with E-state index in [0.717, 1.165) is 31.4 Å². The Morgan fingerprint density at radius 2 is 2.05 bits per heavy atom. The number of hydrogen-bond donors (Lipinski definition) is 2.